The summed E-state index contributed by atoms with van der Waals surface area (Å²) in [6.45, 7) is 0. The van der Waals surface area contributed by atoms with E-state index < -0.39 is 5.97 Å². The van der Waals surface area contributed by atoms with E-state index in [1.54, 1.807) is 11.3 Å². The topological polar surface area (TPSA) is 66.4 Å². The summed E-state index contributed by atoms with van der Waals surface area (Å²) in [5.74, 6) is -0.837. The molecule has 2 aromatic rings. The van der Waals surface area contributed by atoms with Gasteiger partial charge >= 0.3 is 5.97 Å². The van der Waals surface area contributed by atoms with Crippen molar-refractivity contribution in [3.05, 3.63) is 50.6 Å². The van der Waals surface area contributed by atoms with Crippen LogP contribution in [0.15, 0.2) is 40.2 Å². The Morgan fingerprint density at radius 2 is 1.96 bits per heavy atom. The highest BCUT2D eigenvalue weighted by atomic mass is 79.9. The first-order chi connectivity index (χ1) is 11.0. The maximum absolute atomic E-state index is 12.0. The normalized spacial score (nSPS) is 10.5. The van der Waals surface area contributed by atoms with Gasteiger partial charge in [-0.3, -0.25) is 9.59 Å². The molecule has 0 saturated heterocycles. The molecule has 1 aromatic carbocycles. The number of carbonyl (C=O) groups excluding carboxylic acids is 1. The van der Waals surface area contributed by atoms with Crippen molar-refractivity contribution >= 4 is 44.8 Å². The van der Waals surface area contributed by atoms with Gasteiger partial charge in [-0.2, -0.15) is 0 Å². The van der Waals surface area contributed by atoms with Crippen LogP contribution in [0.3, 0.4) is 0 Å². The lowest BCUT2D eigenvalue weighted by atomic mass is 10.1. The first-order valence-electron chi connectivity index (χ1n) is 7.38. The van der Waals surface area contributed by atoms with Gasteiger partial charge in [0, 0.05) is 23.4 Å². The van der Waals surface area contributed by atoms with Crippen molar-refractivity contribution in [2.45, 2.75) is 32.1 Å². The third kappa shape index (κ3) is 6.54. The predicted octanol–water partition coefficient (Wildman–Crippen LogP) is 4.49. The van der Waals surface area contributed by atoms with Crippen molar-refractivity contribution < 1.29 is 14.7 Å². The maximum atomic E-state index is 12.0. The number of nitrogens with one attached hydrogen (secondary N) is 1. The van der Waals surface area contributed by atoms with E-state index in [0.717, 1.165) is 27.9 Å². The molecule has 0 bridgehead atoms. The largest absolute Gasteiger partial charge is 0.481 e. The second-order valence-corrected chi connectivity index (χ2v) is 7.75. The van der Waals surface area contributed by atoms with E-state index in [9.17, 15) is 9.59 Å². The smallest absolute Gasteiger partial charge is 0.303 e. The zero-order valence-corrected chi connectivity index (χ0v) is 15.0. The van der Waals surface area contributed by atoms with E-state index >= 15 is 0 Å². The summed E-state index contributed by atoms with van der Waals surface area (Å²) >= 11 is 5.12. The van der Waals surface area contributed by atoms with Crippen LogP contribution in [0.2, 0.25) is 0 Å². The molecular formula is C17H18BrNO3S. The highest BCUT2D eigenvalue weighted by Crippen LogP contribution is 2.23. The molecule has 0 spiro atoms. The molecule has 0 aliphatic rings. The minimum Gasteiger partial charge on any atom is -0.481 e. The molecule has 1 amide bonds. The number of rotatable bonds is 8. The van der Waals surface area contributed by atoms with Crippen molar-refractivity contribution in [2.24, 2.45) is 0 Å². The van der Waals surface area contributed by atoms with Crippen LogP contribution in [0.25, 0.3) is 0 Å². The number of amides is 1. The van der Waals surface area contributed by atoms with Crippen LogP contribution in [0.4, 0.5) is 5.69 Å². The third-order valence-electron chi connectivity index (χ3n) is 3.29. The molecule has 122 valence electrons. The molecule has 6 heteroatoms. The molecule has 0 radical (unpaired) electrons. The van der Waals surface area contributed by atoms with Gasteiger partial charge in [0.1, 0.15) is 0 Å². The Kier molecular flexibility index (Phi) is 6.80. The Morgan fingerprint density at radius 1 is 1.13 bits per heavy atom. The average molecular weight is 396 g/mol. The second-order valence-electron chi connectivity index (χ2n) is 5.20. The van der Waals surface area contributed by atoms with Crippen molar-refractivity contribution in [1.29, 1.82) is 0 Å². The first-order valence-corrected chi connectivity index (χ1v) is 8.98. The highest BCUT2D eigenvalue weighted by molar-refractivity contribution is 9.11. The SMILES string of the molecule is O=C(O)CCc1cccc(NC(=O)CCCc2ccc(Br)s2)c1. The fourth-order valence-corrected chi connectivity index (χ4v) is 3.71. The Morgan fingerprint density at radius 3 is 2.65 bits per heavy atom. The zero-order chi connectivity index (χ0) is 16.7. The quantitative estimate of drug-likeness (QED) is 0.691. The molecule has 0 unspecified atom stereocenters. The summed E-state index contributed by atoms with van der Waals surface area (Å²) in [4.78, 5) is 23.8. The number of thiophene rings is 1. The molecule has 2 rings (SSSR count). The number of benzene rings is 1. The first kappa shape index (κ1) is 17.7. The fourth-order valence-electron chi connectivity index (χ4n) is 2.19. The fraction of sp³-hybridized carbons (Fsp3) is 0.294. The second kappa shape index (κ2) is 8.84. The number of carbonyl (C=O) groups is 2. The monoisotopic (exact) mass is 395 g/mol. The van der Waals surface area contributed by atoms with Gasteiger partial charge in [0.15, 0.2) is 0 Å². The zero-order valence-electron chi connectivity index (χ0n) is 12.5. The molecule has 0 atom stereocenters. The minimum atomic E-state index is -0.820. The van der Waals surface area contributed by atoms with E-state index in [1.165, 1.54) is 4.88 Å². The minimum absolute atomic E-state index is 0.0176. The molecule has 1 heterocycles. The Hall–Kier alpha value is -1.66. The van der Waals surface area contributed by atoms with Crippen LogP contribution in [-0.2, 0) is 22.4 Å². The van der Waals surface area contributed by atoms with Crippen molar-refractivity contribution in [3.8, 4) is 0 Å². The summed E-state index contributed by atoms with van der Waals surface area (Å²) < 4.78 is 1.11. The number of anilines is 1. The van der Waals surface area contributed by atoms with Gasteiger partial charge in [0.2, 0.25) is 5.91 Å². The lowest BCUT2D eigenvalue weighted by molar-refractivity contribution is -0.137. The van der Waals surface area contributed by atoms with Gasteiger partial charge in [-0.25, -0.2) is 0 Å². The maximum Gasteiger partial charge on any atom is 0.303 e. The van der Waals surface area contributed by atoms with Crippen LogP contribution in [0.1, 0.15) is 29.7 Å². The third-order valence-corrected chi connectivity index (χ3v) is 4.98. The summed E-state index contributed by atoms with van der Waals surface area (Å²) in [5, 5.41) is 11.6. The summed E-state index contributed by atoms with van der Waals surface area (Å²) in [5.41, 5.74) is 1.63. The van der Waals surface area contributed by atoms with E-state index in [-0.39, 0.29) is 12.3 Å². The molecule has 1 aromatic heterocycles. The summed E-state index contributed by atoms with van der Waals surface area (Å²) in [6.07, 6.45) is 2.72. The molecule has 0 saturated carbocycles. The van der Waals surface area contributed by atoms with E-state index in [2.05, 4.69) is 27.3 Å². The van der Waals surface area contributed by atoms with Gasteiger partial charge in [-0.05, 0) is 65.0 Å². The number of carboxylic acids is 1. The number of aryl methyl sites for hydroxylation is 2. The molecule has 0 fully saturated rings. The Bertz CT molecular complexity index is 684. The van der Waals surface area contributed by atoms with E-state index in [4.69, 9.17) is 5.11 Å². The number of halogens is 1. The molecular weight excluding hydrogens is 378 g/mol. The highest BCUT2D eigenvalue weighted by Gasteiger charge is 2.05. The Balaban J connectivity index is 1.78. The van der Waals surface area contributed by atoms with Crippen molar-refractivity contribution in [1.82, 2.24) is 0 Å². The van der Waals surface area contributed by atoms with Crippen LogP contribution in [0, 0.1) is 0 Å². The van der Waals surface area contributed by atoms with Gasteiger partial charge in [-0.1, -0.05) is 12.1 Å². The molecule has 4 nitrogen and oxygen atoms in total. The summed E-state index contributed by atoms with van der Waals surface area (Å²) in [6, 6.07) is 11.4. The number of hydrogen-bond donors (Lipinski definition) is 2. The van der Waals surface area contributed by atoms with Gasteiger partial charge in [0.05, 0.1) is 3.79 Å². The van der Waals surface area contributed by atoms with Gasteiger partial charge in [0.25, 0.3) is 0 Å². The lowest BCUT2D eigenvalue weighted by Crippen LogP contribution is -2.11. The van der Waals surface area contributed by atoms with Crippen LogP contribution in [0.5, 0.6) is 0 Å². The van der Waals surface area contributed by atoms with Gasteiger partial charge < -0.3 is 10.4 Å². The standard InChI is InChI=1S/C17H18BrNO3S/c18-15-9-8-14(23-15)5-2-6-16(20)19-13-4-1-3-12(11-13)7-10-17(21)22/h1,3-4,8-9,11H,2,5-7,10H2,(H,19,20)(H,21,22). The predicted molar refractivity (Wildman–Crippen MR) is 96.0 cm³/mol. The van der Waals surface area contributed by atoms with E-state index in [0.29, 0.717) is 12.8 Å². The summed E-state index contributed by atoms with van der Waals surface area (Å²) in [7, 11) is 0. The lowest BCUT2D eigenvalue weighted by Gasteiger charge is -2.07. The van der Waals surface area contributed by atoms with Crippen LogP contribution in [-0.4, -0.2) is 17.0 Å². The molecule has 23 heavy (non-hydrogen) atoms. The number of hydrogen-bond acceptors (Lipinski definition) is 3. The van der Waals surface area contributed by atoms with Crippen molar-refractivity contribution in [3.63, 3.8) is 0 Å². The number of aliphatic carboxylic acids is 1. The molecule has 2 N–H and O–H groups in total. The molecule has 0 aliphatic heterocycles. The number of carboxylic acid groups (broad SMARTS) is 1. The average Bonchev–Trinajstić information content (AvgIpc) is 2.91. The van der Waals surface area contributed by atoms with E-state index in [1.807, 2.05) is 30.3 Å². The van der Waals surface area contributed by atoms with Gasteiger partial charge in [-0.15, -0.1) is 11.3 Å². The van der Waals surface area contributed by atoms with Crippen LogP contribution < -0.4 is 5.32 Å². The van der Waals surface area contributed by atoms with Crippen LogP contribution >= 0.6 is 27.3 Å². The Labute approximate surface area is 147 Å². The molecule has 0 aliphatic carbocycles. The van der Waals surface area contributed by atoms with Crippen molar-refractivity contribution in [2.75, 3.05) is 5.32 Å².